The molecule has 3 rings (SSSR count). The smallest absolute Gasteiger partial charge is 0.459 e. The van der Waals surface area contributed by atoms with Gasteiger partial charge in [-0.2, -0.15) is 10.1 Å². The molecule has 0 amide bonds. The summed E-state index contributed by atoms with van der Waals surface area (Å²) in [5, 5.41) is 2.56. The van der Waals surface area contributed by atoms with Crippen molar-refractivity contribution in [2.45, 2.75) is 64.3 Å². The number of nitrogens with one attached hydrogen (secondary N) is 1. The van der Waals surface area contributed by atoms with Crippen molar-refractivity contribution in [1.29, 1.82) is 0 Å². The first-order valence-electron chi connectivity index (χ1n) is 11.0. The molecule has 1 aliphatic heterocycles. The molecular weight excluding hydrogens is 482 g/mol. The van der Waals surface area contributed by atoms with Crippen molar-refractivity contribution in [1.82, 2.24) is 14.6 Å². The van der Waals surface area contributed by atoms with E-state index in [4.69, 9.17) is 24.3 Å². The maximum Gasteiger partial charge on any atom is 0.459 e. The monoisotopic (exact) mass is 512 g/mol. The molecule has 13 heteroatoms. The average molecular weight is 512 g/mol. The average Bonchev–Trinajstić information content (AvgIpc) is 3.06. The Morgan fingerprint density at radius 3 is 2.66 bits per heavy atom. The van der Waals surface area contributed by atoms with Crippen LogP contribution in [0.4, 0.5) is 10.2 Å². The number of nitrogens with two attached hydrogens (primary N) is 1. The van der Waals surface area contributed by atoms with Crippen LogP contribution in [0.2, 0.25) is 0 Å². The maximum absolute atomic E-state index is 15.3. The topological polar surface area (TPSA) is 144 Å². The van der Waals surface area contributed by atoms with Crippen molar-refractivity contribution >= 4 is 19.5 Å². The summed E-state index contributed by atoms with van der Waals surface area (Å²) in [5.74, 6) is -0.420. The molecule has 5 atom stereocenters. The first-order valence-corrected chi connectivity index (χ1v) is 12.6. The van der Waals surface area contributed by atoms with Crippen LogP contribution in [0.3, 0.4) is 0 Å². The minimum atomic E-state index is -4.15. The van der Waals surface area contributed by atoms with E-state index in [0.29, 0.717) is 0 Å². The Bertz CT molecular complexity index is 1130. The van der Waals surface area contributed by atoms with Gasteiger partial charge >= 0.3 is 19.4 Å². The van der Waals surface area contributed by atoms with Crippen molar-refractivity contribution in [2.24, 2.45) is 0 Å². The largest absolute Gasteiger partial charge is 0.462 e. The molecule has 1 fully saturated rings. The molecule has 11 nitrogen and oxygen atoms in total. The lowest BCUT2D eigenvalue weighted by atomic mass is 10.0. The van der Waals surface area contributed by atoms with E-state index in [2.05, 4.69) is 10.1 Å². The fraction of sp³-hybridized carbons (Fsp3) is 0.500. The lowest BCUT2D eigenvalue weighted by Gasteiger charge is -2.24. The highest BCUT2D eigenvalue weighted by Crippen LogP contribution is 2.47. The van der Waals surface area contributed by atoms with E-state index in [1.807, 2.05) is 0 Å². The summed E-state index contributed by atoms with van der Waals surface area (Å²) in [5.41, 5.74) is 2.78. The van der Waals surface area contributed by atoms with Crippen LogP contribution in [0, 0.1) is 0 Å². The zero-order valence-electron chi connectivity index (χ0n) is 19.9. The normalized spacial score (nSPS) is 24.6. The number of anilines is 1. The van der Waals surface area contributed by atoms with E-state index in [-0.39, 0.29) is 30.7 Å². The zero-order valence-corrected chi connectivity index (χ0v) is 20.8. The predicted octanol–water partition coefficient (Wildman–Crippen LogP) is 2.97. The second-order valence-electron chi connectivity index (χ2n) is 8.67. The molecular formula is C22H30FN4O7P. The van der Waals surface area contributed by atoms with Crippen molar-refractivity contribution in [2.75, 3.05) is 12.3 Å². The minimum Gasteiger partial charge on any atom is -0.462 e. The molecule has 0 radical (unpaired) electrons. The van der Waals surface area contributed by atoms with Gasteiger partial charge in [0, 0.05) is 12.6 Å². The number of nitrogens with zero attached hydrogens (tertiary/aromatic N) is 2. The molecule has 1 aromatic carbocycles. The quantitative estimate of drug-likeness (QED) is 0.360. The number of rotatable bonds is 10. The van der Waals surface area contributed by atoms with Crippen LogP contribution in [0.5, 0.6) is 5.75 Å². The molecule has 1 aromatic heterocycles. The number of ether oxygens (including phenoxy) is 2. The van der Waals surface area contributed by atoms with E-state index in [1.54, 1.807) is 44.2 Å². The molecule has 2 aromatic rings. The first-order chi connectivity index (χ1) is 16.4. The van der Waals surface area contributed by atoms with Crippen LogP contribution in [0.15, 0.2) is 47.4 Å². The Morgan fingerprint density at radius 2 is 2.03 bits per heavy atom. The highest BCUT2D eigenvalue weighted by Gasteiger charge is 2.48. The highest BCUT2D eigenvalue weighted by atomic mass is 31.2. The summed E-state index contributed by atoms with van der Waals surface area (Å²) in [6, 6.07) is 8.55. The molecule has 0 aliphatic carbocycles. The fourth-order valence-electron chi connectivity index (χ4n) is 3.49. The Balaban J connectivity index is 1.74. The van der Waals surface area contributed by atoms with Crippen molar-refractivity contribution in [3.8, 4) is 5.75 Å². The van der Waals surface area contributed by atoms with Gasteiger partial charge in [-0.3, -0.25) is 13.9 Å². The molecule has 0 unspecified atom stereocenters. The highest BCUT2D eigenvalue weighted by molar-refractivity contribution is 7.52. The predicted molar refractivity (Wildman–Crippen MR) is 125 cm³/mol. The summed E-state index contributed by atoms with van der Waals surface area (Å²) in [6.07, 6.45) is -1.42. The van der Waals surface area contributed by atoms with Gasteiger partial charge in [-0.25, -0.2) is 13.8 Å². The van der Waals surface area contributed by atoms with E-state index in [0.717, 1.165) is 4.57 Å². The van der Waals surface area contributed by atoms with Crippen LogP contribution in [-0.2, 0) is 23.4 Å². The summed E-state index contributed by atoms with van der Waals surface area (Å²) in [4.78, 5) is 28.0. The van der Waals surface area contributed by atoms with Gasteiger partial charge in [0.25, 0.3) is 0 Å². The summed E-state index contributed by atoms with van der Waals surface area (Å²) >= 11 is 0. The zero-order chi connectivity index (χ0) is 25.8. The summed E-state index contributed by atoms with van der Waals surface area (Å²) in [7, 11) is -4.15. The van der Waals surface area contributed by atoms with E-state index in [9.17, 15) is 14.2 Å². The van der Waals surface area contributed by atoms with Crippen molar-refractivity contribution in [3.05, 3.63) is 53.1 Å². The molecule has 3 N–H and O–H groups in total. The van der Waals surface area contributed by atoms with Crippen LogP contribution >= 0.6 is 7.75 Å². The Kier molecular flexibility index (Phi) is 8.32. The third-order valence-corrected chi connectivity index (χ3v) is 6.67. The summed E-state index contributed by atoms with van der Waals surface area (Å²) in [6.45, 7) is 5.76. The number of aromatic nitrogens is 2. The lowest BCUT2D eigenvalue weighted by molar-refractivity contribution is -0.149. The number of esters is 1. The van der Waals surface area contributed by atoms with Crippen LogP contribution in [0.1, 0.15) is 40.3 Å². The van der Waals surface area contributed by atoms with Gasteiger partial charge in [0.2, 0.25) is 0 Å². The molecule has 0 spiro atoms. The third kappa shape index (κ3) is 7.11. The number of hydrogen-bond donors (Lipinski definition) is 2. The number of carbonyl (C=O) groups excluding carboxylic acids is 1. The Morgan fingerprint density at radius 1 is 1.34 bits per heavy atom. The number of benzene rings is 1. The van der Waals surface area contributed by atoms with Gasteiger partial charge in [-0.05, 0) is 45.9 Å². The first kappa shape index (κ1) is 26.8. The van der Waals surface area contributed by atoms with Gasteiger partial charge < -0.3 is 19.7 Å². The fourth-order valence-corrected chi connectivity index (χ4v) is 5.01. The molecule has 2 heterocycles. The molecule has 1 saturated heterocycles. The third-order valence-electron chi connectivity index (χ3n) is 5.02. The molecule has 0 bridgehead atoms. The number of alkyl halides is 1. The van der Waals surface area contributed by atoms with Crippen LogP contribution in [-0.4, -0.2) is 46.0 Å². The lowest BCUT2D eigenvalue weighted by Crippen LogP contribution is -2.36. The van der Waals surface area contributed by atoms with Crippen LogP contribution in [0.25, 0.3) is 0 Å². The van der Waals surface area contributed by atoms with Gasteiger partial charge in [0.15, 0.2) is 11.9 Å². The number of hydrogen-bond acceptors (Lipinski definition) is 9. The maximum atomic E-state index is 15.3. The second kappa shape index (κ2) is 10.9. The van der Waals surface area contributed by atoms with E-state index < -0.39 is 43.4 Å². The van der Waals surface area contributed by atoms with Crippen molar-refractivity contribution < 1.29 is 32.3 Å². The number of carbonyl (C=O) groups is 1. The van der Waals surface area contributed by atoms with Gasteiger partial charge in [-0.15, -0.1) is 0 Å². The Labute approximate surface area is 202 Å². The van der Waals surface area contributed by atoms with Crippen LogP contribution < -0.4 is 21.0 Å². The SMILES string of the molecule is CC(C)OC(=O)[C@@H](C)N[P@](=O)(OC[C@@H]1C[C@@](C)(F)[C@H](n2ccc(N)nc2=O)O1)Oc1ccccc1. The molecule has 1 aliphatic rings. The Hall–Kier alpha value is -2.79. The van der Waals surface area contributed by atoms with E-state index in [1.165, 1.54) is 26.1 Å². The standard InChI is InChI=1S/C22H30FN4O7P/c1-14(2)32-19(28)15(3)26-35(30,34-16-8-6-5-7-9-16)31-13-17-12-22(4,23)20(33-17)27-11-10-18(24)25-21(27)29/h5-11,14-15,17,20H,12-13H2,1-4H3,(H,26,30)(H2,24,25,29)/t15-,17+,20-,22-,35+/m1/s1. The number of para-hydroxylation sites is 1. The molecule has 35 heavy (non-hydrogen) atoms. The minimum absolute atomic E-state index is 0.000113. The van der Waals surface area contributed by atoms with Gasteiger partial charge in [0.1, 0.15) is 17.6 Å². The van der Waals surface area contributed by atoms with E-state index >= 15 is 4.39 Å². The summed E-state index contributed by atoms with van der Waals surface area (Å²) < 4.78 is 51.9. The second-order valence-corrected chi connectivity index (χ2v) is 10.4. The molecule has 0 saturated carbocycles. The molecule has 192 valence electrons. The number of nitrogen functional groups attached to an aromatic ring is 1. The number of halogens is 1. The van der Waals surface area contributed by atoms with Crippen molar-refractivity contribution in [3.63, 3.8) is 0 Å². The van der Waals surface area contributed by atoms with Gasteiger partial charge in [-0.1, -0.05) is 18.2 Å². The van der Waals surface area contributed by atoms with Gasteiger partial charge in [0.05, 0.1) is 18.8 Å².